The molecule has 28 heavy (non-hydrogen) atoms. The Balaban J connectivity index is 1.80. The maximum Gasteiger partial charge on any atom is 0.264 e. The van der Waals surface area contributed by atoms with E-state index in [-0.39, 0.29) is 17.2 Å². The number of carbonyl (C=O) groups excluding carboxylic acids is 2. The highest BCUT2D eigenvalue weighted by Crippen LogP contribution is 2.27. The predicted molar refractivity (Wildman–Crippen MR) is 107 cm³/mol. The normalized spacial score (nSPS) is 11.0. The molecule has 2 N–H and O–H groups in total. The molecule has 0 atom stereocenters. The molecule has 10 heteroatoms. The average molecular weight is 445 g/mol. The Morgan fingerprint density at radius 1 is 1.07 bits per heavy atom. The van der Waals surface area contributed by atoms with Crippen LogP contribution in [0.25, 0.3) is 0 Å². The molecular formula is C18H18Cl2N2O5S. The van der Waals surface area contributed by atoms with Gasteiger partial charge < -0.3 is 10.1 Å². The largest absolute Gasteiger partial charge is 0.492 e. The lowest BCUT2D eigenvalue weighted by Gasteiger charge is -2.09. The third-order valence-corrected chi connectivity index (χ3v) is 5.41. The summed E-state index contributed by atoms with van der Waals surface area (Å²) < 4.78 is 31.1. The summed E-state index contributed by atoms with van der Waals surface area (Å²) in [6.07, 6.45) is 0.664. The molecule has 0 fully saturated rings. The Morgan fingerprint density at radius 2 is 1.75 bits per heavy atom. The summed E-state index contributed by atoms with van der Waals surface area (Å²) in [7, 11) is -3.90. The Hall–Kier alpha value is -2.29. The molecule has 2 amide bonds. The van der Waals surface area contributed by atoms with Gasteiger partial charge in [0.1, 0.15) is 5.75 Å². The van der Waals surface area contributed by atoms with Gasteiger partial charge in [-0.3, -0.25) is 9.59 Å². The van der Waals surface area contributed by atoms with E-state index in [0.717, 1.165) is 6.92 Å². The highest BCUT2D eigenvalue weighted by atomic mass is 35.5. The number of ether oxygens (including phenoxy) is 1. The van der Waals surface area contributed by atoms with E-state index in [4.69, 9.17) is 27.9 Å². The Morgan fingerprint density at radius 3 is 2.36 bits per heavy atom. The number of benzene rings is 2. The van der Waals surface area contributed by atoms with Crippen LogP contribution in [0.2, 0.25) is 10.0 Å². The van der Waals surface area contributed by atoms with E-state index in [1.54, 1.807) is 18.2 Å². The summed E-state index contributed by atoms with van der Waals surface area (Å²) in [5.41, 5.74) is 0.438. The van der Waals surface area contributed by atoms with Gasteiger partial charge in [-0.25, -0.2) is 13.1 Å². The van der Waals surface area contributed by atoms with Gasteiger partial charge in [0.05, 0.1) is 16.5 Å². The fourth-order valence-corrected chi connectivity index (χ4v) is 3.65. The van der Waals surface area contributed by atoms with Crippen molar-refractivity contribution in [3.8, 4) is 5.75 Å². The standard InChI is InChI=1S/C18H18Cl2N2O5S/c1-12(23)22-28(25,26)15-7-5-14(6-8-15)21-18(24)3-2-10-27-17-9-4-13(19)11-16(17)20/h4-9,11H,2-3,10H2,1H3,(H,21,24)(H,22,23). The van der Waals surface area contributed by atoms with Crippen LogP contribution in [0.15, 0.2) is 47.4 Å². The van der Waals surface area contributed by atoms with E-state index in [9.17, 15) is 18.0 Å². The van der Waals surface area contributed by atoms with Crippen molar-refractivity contribution >= 4 is 50.7 Å². The first-order chi connectivity index (χ1) is 13.2. The number of halogens is 2. The van der Waals surface area contributed by atoms with Crippen LogP contribution in [0.5, 0.6) is 5.75 Å². The van der Waals surface area contributed by atoms with Gasteiger partial charge in [-0.1, -0.05) is 23.2 Å². The molecule has 2 aromatic rings. The molecule has 0 spiro atoms. The van der Waals surface area contributed by atoms with Crippen LogP contribution in [-0.4, -0.2) is 26.8 Å². The number of hydrogen-bond acceptors (Lipinski definition) is 5. The summed E-state index contributed by atoms with van der Waals surface area (Å²) in [5, 5.41) is 3.56. The van der Waals surface area contributed by atoms with Gasteiger partial charge >= 0.3 is 0 Å². The quantitative estimate of drug-likeness (QED) is 0.605. The van der Waals surface area contributed by atoms with Gasteiger partial charge in [-0.15, -0.1) is 0 Å². The van der Waals surface area contributed by atoms with E-state index in [2.05, 4.69) is 5.32 Å². The Kier molecular flexibility index (Phi) is 7.68. The van der Waals surface area contributed by atoms with Gasteiger partial charge in [-0.05, 0) is 48.9 Å². The molecule has 0 aliphatic carbocycles. The van der Waals surface area contributed by atoms with Crippen molar-refractivity contribution in [2.75, 3.05) is 11.9 Å². The van der Waals surface area contributed by atoms with Crippen molar-refractivity contribution in [3.05, 3.63) is 52.5 Å². The highest BCUT2D eigenvalue weighted by molar-refractivity contribution is 7.90. The van der Waals surface area contributed by atoms with Crippen molar-refractivity contribution in [2.24, 2.45) is 0 Å². The second kappa shape index (κ2) is 9.77. The highest BCUT2D eigenvalue weighted by Gasteiger charge is 2.15. The summed E-state index contributed by atoms with van der Waals surface area (Å²) in [6, 6.07) is 10.4. The lowest BCUT2D eigenvalue weighted by molar-refractivity contribution is -0.117. The van der Waals surface area contributed by atoms with E-state index in [1.165, 1.54) is 24.3 Å². The van der Waals surface area contributed by atoms with Gasteiger partial charge in [0.2, 0.25) is 11.8 Å². The van der Waals surface area contributed by atoms with E-state index >= 15 is 0 Å². The molecule has 0 aliphatic heterocycles. The van der Waals surface area contributed by atoms with Gasteiger partial charge in [0.15, 0.2) is 0 Å². The minimum absolute atomic E-state index is 0.0751. The molecule has 2 aromatic carbocycles. The number of rotatable bonds is 8. The zero-order chi connectivity index (χ0) is 20.7. The van der Waals surface area contributed by atoms with Crippen molar-refractivity contribution in [3.63, 3.8) is 0 Å². The topological polar surface area (TPSA) is 102 Å². The van der Waals surface area contributed by atoms with Crippen LogP contribution in [0.1, 0.15) is 19.8 Å². The summed E-state index contributed by atoms with van der Waals surface area (Å²) in [5.74, 6) is -0.440. The van der Waals surface area contributed by atoms with Crippen molar-refractivity contribution in [1.82, 2.24) is 4.72 Å². The first-order valence-corrected chi connectivity index (χ1v) is 10.4. The third-order valence-electron chi connectivity index (χ3n) is 3.43. The molecule has 150 valence electrons. The number of nitrogens with one attached hydrogen (secondary N) is 2. The molecule has 0 aliphatic rings. The summed E-state index contributed by atoms with van der Waals surface area (Å²) >= 11 is 11.8. The number of anilines is 1. The van der Waals surface area contributed by atoms with Crippen LogP contribution >= 0.6 is 23.2 Å². The number of carbonyl (C=O) groups is 2. The zero-order valence-corrected chi connectivity index (χ0v) is 17.2. The average Bonchev–Trinajstić information content (AvgIpc) is 2.59. The zero-order valence-electron chi connectivity index (χ0n) is 14.9. The van der Waals surface area contributed by atoms with Gasteiger partial charge in [-0.2, -0.15) is 0 Å². The lowest BCUT2D eigenvalue weighted by atomic mass is 10.2. The molecule has 0 unspecified atom stereocenters. The molecule has 0 heterocycles. The number of sulfonamides is 1. The van der Waals surface area contributed by atoms with Crippen LogP contribution in [0.4, 0.5) is 5.69 Å². The molecule has 0 radical (unpaired) electrons. The minimum atomic E-state index is -3.90. The summed E-state index contributed by atoms with van der Waals surface area (Å²) in [6.45, 7) is 1.40. The maximum absolute atomic E-state index is 12.0. The van der Waals surface area contributed by atoms with Crippen LogP contribution in [0.3, 0.4) is 0 Å². The lowest BCUT2D eigenvalue weighted by Crippen LogP contribution is -2.28. The first-order valence-electron chi connectivity index (χ1n) is 8.18. The number of hydrogen-bond donors (Lipinski definition) is 2. The van der Waals surface area contributed by atoms with Crippen LogP contribution in [-0.2, 0) is 19.6 Å². The smallest absolute Gasteiger partial charge is 0.264 e. The molecule has 0 saturated heterocycles. The van der Waals surface area contributed by atoms with E-state index in [0.29, 0.717) is 34.5 Å². The molecule has 0 aromatic heterocycles. The maximum atomic E-state index is 12.0. The van der Waals surface area contributed by atoms with Crippen molar-refractivity contribution in [1.29, 1.82) is 0 Å². The molecule has 7 nitrogen and oxygen atoms in total. The molecule has 2 rings (SSSR count). The number of amides is 2. The SMILES string of the molecule is CC(=O)NS(=O)(=O)c1ccc(NC(=O)CCCOc2ccc(Cl)cc2Cl)cc1. The van der Waals surface area contributed by atoms with Gasteiger partial charge in [0.25, 0.3) is 10.0 Å². The predicted octanol–water partition coefficient (Wildman–Crippen LogP) is 3.62. The Bertz CT molecular complexity index is 962. The third kappa shape index (κ3) is 6.70. The van der Waals surface area contributed by atoms with E-state index < -0.39 is 15.9 Å². The second-order valence-corrected chi connectivity index (χ2v) is 8.29. The minimum Gasteiger partial charge on any atom is -0.492 e. The fraction of sp³-hybridized carbons (Fsp3) is 0.222. The molecule has 0 saturated carbocycles. The second-order valence-electron chi connectivity index (χ2n) is 5.76. The molecular weight excluding hydrogens is 427 g/mol. The fourth-order valence-electron chi connectivity index (χ4n) is 2.20. The van der Waals surface area contributed by atoms with Crippen molar-refractivity contribution in [2.45, 2.75) is 24.7 Å². The monoisotopic (exact) mass is 444 g/mol. The van der Waals surface area contributed by atoms with Crippen molar-refractivity contribution < 1.29 is 22.7 Å². The summed E-state index contributed by atoms with van der Waals surface area (Å²) in [4.78, 5) is 22.8. The van der Waals surface area contributed by atoms with Crippen LogP contribution < -0.4 is 14.8 Å². The van der Waals surface area contributed by atoms with Crippen LogP contribution in [0, 0.1) is 0 Å². The Labute approximate surface area is 173 Å². The first kappa shape index (κ1) is 22.0. The van der Waals surface area contributed by atoms with Gasteiger partial charge in [0, 0.05) is 24.1 Å². The molecule has 0 bridgehead atoms. The van der Waals surface area contributed by atoms with E-state index in [1.807, 2.05) is 4.72 Å².